The third-order valence-corrected chi connectivity index (χ3v) is 3.98. The van der Waals surface area contributed by atoms with Gasteiger partial charge in [0.25, 0.3) is 0 Å². The molecule has 1 aliphatic heterocycles. The van der Waals surface area contributed by atoms with E-state index >= 15 is 0 Å². The average Bonchev–Trinajstić information content (AvgIpc) is 2.57. The van der Waals surface area contributed by atoms with E-state index in [9.17, 15) is 5.26 Å². The van der Waals surface area contributed by atoms with Gasteiger partial charge in [-0.2, -0.15) is 5.26 Å². The van der Waals surface area contributed by atoms with Crippen LogP contribution in [0.25, 0.3) is 0 Å². The van der Waals surface area contributed by atoms with E-state index < -0.39 is 0 Å². The van der Waals surface area contributed by atoms with Crippen molar-refractivity contribution in [2.24, 2.45) is 4.99 Å². The Morgan fingerprint density at radius 1 is 1.18 bits per heavy atom. The third-order valence-electron chi connectivity index (χ3n) is 3.58. The standard InChI is InChI=1S/C18H14ClN3/c1-13-7-8-16(9-17(13)19)22-11-15(10-20)18(21-12-22)14-5-3-2-4-6-14/h2-9,11H,12H2,1H3. The van der Waals surface area contributed by atoms with Crippen molar-refractivity contribution in [3.63, 3.8) is 0 Å². The minimum absolute atomic E-state index is 0.467. The predicted octanol–water partition coefficient (Wildman–Crippen LogP) is 4.32. The Morgan fingerprint density at radius 3 is 2.64 bits per heavy atom. The van der Waals surface area contributed by atoms with Gasteiger partial charge in [0.2, 0.25) is 0 Å². The second-order valence-electron chi connectivity index (χ2n) is 5.07. The summed E-state index contributed by atoms with van der Waals surface area (Å²) in [6.45, 7) is 2.43. The van der Waals surface area contributed by atoms with E-state index in [0.29, 0.717) is 17.3 Å². The highest BCUT2D eigenvalue weighted by Crippen LogP contribution is 2.26. The number of allylic oxidation sites excluding steroid dienone is 1. The van der Waals surface area contributed by atoms with Crippen molar-refractivity contribution in [3.05, 3.63) is 76.5 Å². The summed E-state index contributed by atoms with van der Waals surface area (Å²) >= 11 is 6.18. The molecule has 0 fully saturated rings. The lowest BCUT2D eigenvalue weighted by atomic mass is 10.0. The zero-order valence-corrected chi connectivity index (χ0v) is 12.9. The van der Waals surface area contributed by atoms with Crippen LogP contribution >= 0.6 is 11.6 Å². The molecular formula is C18H14ClN3. The van der Waals surface area contributed by atoms with E-state index in [4.69, 9.17) is 11.6 Å². The van der Waals surface area contributed by atoms with Crippen LogP contribution in [0.3, 0.4) is 0 Å². The first-order valence-corrected chi connectivity index (χ1v) is 7.32. The highest BCUT2D eigenvalue weighted by Gasteiger charge is 2.17. The molecule has 0 spiro atoms. The number of rotatable bonds is 2. The summed E-state index contributed by atoms with van der Waals surface area (Å²) in [6, 6.07) is 17.8. The molecule has 4 heteroatoms. The normalized spacial score (nSPS) is 14.1. The quantitative estimate of drug-likeness (QED) is 0.828. The Hall–Kier alpha value is -2.57. The molecular weight excluding hydrogens is 294 g/mol. The Kier molecular flexibility index (Phi) is 3.95. The largest absolute Gasteiger partial charge is 0.327 e. The fourth-order valence-corrected chi connectivity index (χ4v) is 2.51. The van der Waals surface area contributed by atoms with Crippen molar-refractivity contribution >= 4 is 23.0 Å². The molecule has 0 atom stereocenters. The van der Waals surface area contributed by atoms with Crippen LogP contribution in [-0.2, 0) is 0 Å². The number of aliphatic imine (C=N–C) groups is 1. The molecule has 2 aromatic rings. The predicted molar refractivity (Wildman–Crippen MR) is 90.2 cm³/mol. The number of halogens is 1. The van der Waals surface area contributed by atoms with Crippen LogP contribution in [0.15, 0.2) is 65.3 Å². The van der Waals surface area contributed by atoms with Gasteiger partial charge in [-0.1, -0.05) is 48.0 Å². The monoisotopic (exact) mass is 307 g/mol. The molecule has 1 aliphatic rings. The molecule has 0 unspecified atom stereocenters. The number of aryl methyl sites for hydroxylation is 1. The van der Waals surface area contributed by atoms with Gasteiger partial charge in [0.1, 0.15) is 12.7 Å². The molecule has 0 saturated heterocycles. The number of nitrogens with zero attached hydrogens (tertiary/aromatic N) is 3. The molecule has 0 bridgehead atoms. The number of nitriles is 1. The van der Waals surface area contributed by atoms with Crippen molar-refractivity contribution in [2.75, 3.05) is 11.6 Å². The highest BCUT2D eigenvalue weighted by molar-refractivity contribution is 6.31. The molecule has 0 N–H and O–H groups in total. The zero-order valence-electron chi connectivity index (χ0n) is 12.1. The van der Waals surface area contributed by atoms with Gasteiger partial charge < -0.3 is 4.90 Å². The third kappa shape index (κ3) is 2.74. The topological polar surface area (TPSA) is 39.4 Å². The van der Waals surface area contributed by atoms with E-state index in [1.807, 2.05) is 66.6 Å². The molecule has 1 heterocycles. The maximum Gasteiger partial charge on any atom is 0.115 e. The minimum atomic E-state index is 0.467. The van der Waals surface area contributed by atoms with Crippen LogP contribution < -0.4 is 4.90 Å². The molecule has 3 nitrogen and oxygen atoms in total. The van der Waals surface area contributed by atoms with Gasteiger partial charge >= 0.3 is 0 Å². The lowest BCUT2D eigenvalue weighted by Gasteiger charge is -2.24. The first kappa shape index (κ1) is 14.4. The fraction of sp³-hybridized carbons (Fsp3) is 0.111. The maximum atomic E-state index is 9.43. The summed E-state index contributed by atoms with van der Waals surface area (Å²) in [5, 5.41) is 10.1. The lowest BCUT2D eigenvalue weighted by Crippen LogP contribution is -2.24. The Morgan fingerprint density at radius 2 is 1.95 bits per heavy atom. The first-order valence-electron chi connectivity index (χ1n) is 6.94. The molecule has 0 aliphatic carbocycles. The van der Waals surface area contributed by atoms with Crippen molar-refractivity contribution in [3.8, 4) is 6.07 Å². The van der Waals surface area contributed by atoms with Crippen LogP contribution in [0.4, 0.5) is 5.69 Å². The summed E-state index contributed by atoms with van der Waals surface area (Å²) in [6.07, 6.45) is 1.83. The van der Waals surface area contributed by atoms with Crippen LogP contribution in [0.2, 0.25) is 5.02 Å². The highest BCUT2D eigenvalue weighted by atomic mass is 35.5. The maximum absolute atomic E-state index is 9.43. The Balaban J connectivity index is 1.94. The van der Waals surface area contributed by atoms with Gasteiger partial charge in [-0.25, -0.2) is 0 Å². The molecule has 2 aromatic carbocycles. The van der Waals surface area contributed by atoms with Gasteiger partial charge in [0.05, 0.1) is 11.3 Å². The summed E-state index contributed by atoms with van der Waals surface area (Å²) < 4.78 is 0. The smallest absolute Gasteiger partial charge is 0.115 e. The molecule has 0 amide bonds. The first-order chi connectivity index (χ1) is 10.7. The fourth-order valence-electron chi connectivity index (χ4n) is 2.33. The molecule has 0 saturated carbocycles. The van der Waals surface area contributed by atoms with Gasteiger partial charge in [0, 0.05) is 22.5 Å². The number of anilines is 1. The lowest BCUT2D eigenvalue weighted by molar-refractivity contribution is 0.956. The van der Waals surface area contributed by atoms with Crippen LogP contribution in [-0.4, -0.2) is 12.4 Å². The molecule has 0 aromatic heterocycles. The second kappa shape index (κ2) is 6.05. The number of hydrogen-bond donors (Lipinski definition) is 0. The van der Waals surface area contributed by atoms with Crippen molar-refractivity contribution in [1.29, 1.82) is 5.26 Å². The molecule has 108 valence electrons. The van der Waals surface area contributed by atoms with Crippen molar-refractivity contribution in [1.82, 2.24) is 0 Å². The van der Waals surface area contributed by atoms with E-state index in [2.05, 4.69) is 11.1 Å². The summed E-state index contributed by atoms with van der Waals surface area (Å²) in [5.74, 6) is 0. The molecule has 0 radical (unpaired) electrons. The number of hydrogen-bond acceptors (Lipinski definition) is 3. The minimum Gasteiger partial charge on any atom is -0.327 e. The van der Waals surface area contributed by atoms with Gasteiger partial charge in [-0.3, -0.25) is 4.99 Å². The zero-order chi connectivity index (χ0) is 15.5. The average molecular weight is 308 g/mol. The SMILES string of the molecule is Cc1ccc(N2C=C(C#N)C(c3ccccc3)=NC2)cc1Cl. The van der Waals surface area contributed by atoms with Gasteiger partial charge in [-0.15, -0.1) is 0 Å². The molecule has 3 rings (SSSR count). The summed E-state index contributed by atoms with van der Waals surface area (Å²) in [5.41, 5.74) is 4.20. The van der Waals surface area contributed by atoms with E-state index in [1.54, 1.807) is 0 Å². The Bertz CT molecular complexity index is 801. The number of benzene rings is 2. The van der Waals surface area contributed by atoms with Gasteiger partial charge in [0.15, 0.2) is 0 Å². The van der Waals surface area contributed by atoms with Crippen LogP contribution in [0.1, 0.15) is 11.1 Å². The summed E-state index contributed by atoms with van der Waals surface area (Å²) in [7, 11) is 0. The van der Waals surface area contributed by atoms with Crippen molar-refractivity contribution in [2.45, 2.75) is 6.92 Å². The van der Waals surface area contributed by atoms with Crippen molar-refractivity contribution < 1.29 is 0 Å². The van der Waals surface area contributed by atoms with Crippen LogP contribution in [0.5, 0.6) is 0 Å². The van der Waals surface area contributed by atoms with Crippen LogP contribution in [0, 0.1) is 18.3 Å². The van der Waals surface area contributed by atoms with E-state index in [1.165, 1.54) is 0 Å². The molecule has 22 heavy (non-hydrogen) atoms. The Labute approximate surface area is 134 Å². The second-order valence-corrected chi connectivity index (χ2v) is 5.48. The van der Waals surface area contributed by atoms with E-state index in [0.717, 1.165) is 22.5 Å². The summed E-state index contributed by atoms with van der Waals surface area (Å²) in [4.78, 5) is 6.50. The van der Waals surface area contributed by atoms with E-state index in [-0.39, 0.29) is 0 Å². The van der Waals surface area contributed by atoms with Gasteiger partial charge in [-0.05, 0) is 24.6 Å².